The number of halogens is 2. The molecule has 0 aliphatic carbocycles. The van der Waals surface area contributed by atoms with Gasteiger partial charge < -0.3 is 5.32 Å². The van der Waals surface area contributed by atoms with E-state index in [4.69, 9.17) is 11.6 Å². The maximum Gasteiger partial charge on any atom is 0.235 e. The van der Waals surface area contributed by atoms with Gasteiger partial charge in [0.05, 0.1) is 16.7 Å². The molecule has 1 N–H and O–H groups in total. The molecule has 1 aliphatic rings. The van der Waals surface area contributed by atoms with Gasteiger partial charge in [-0.15, -0.1) is 11.8 Å². The van der Waals surface area contributed by atoms with Crippen molar-refractivity contribution in [2.75, 3.05) is 11.1 Å². The average molecular weight is 403 g/mol. The van der Waals surface area contributed by atoms with Crippen molar-refractivity contribution in [1.82, 2.24) is 14.8 Å². The van der Waals surface area contributed by atoms with Gasteiger partial charge in [0.1, 0.15) is 18.2 Å². The molecule has 1 aliphatic heterocycles. The molecule has 0 radical (unpaired) electrons. The highest BCUT2D eigenvalue weighted by Gasteiger charge is 2.32. The number of anilines is 1. The van der Waals surface area contributed by atoms with E-state index >= 15 is 0 Å². The summed E-state index contributed by atoms with van der Waals surface area (Å²) in [4.78, 5) is 16.7. The maximum absolute atomic E-state index is 13.7. The Kier molecular flexibility index (Phi) is 4.88. The molecule has 0 saturated heterocycles. The lowest BCUT2D eigenvalue weighted by Gasteiger charge is -2.19. The summed E-state index contributed by atoms with van der Waals surface area (Å²) in [6, 6.07) is 10.8. The summed E-state index contributed by atoms with van der Waals surface area (Å²) in [6.07, 6.45) is 1.70. The summed E-state index contributed by atoms with van der Waals surface area (Å²) in [5.41, 5.74) is 3.49. The molecule has 4 rings (SSSR count). The van der Waals surface area contributed by atoms with Crippen LogP contribution in [0.3, 0.4) is 0 Å². The van der Waals surface area contributed by atoms with Crippen LogP contribution in [0.25, 0.3) is 11.4 Å². The monoisotopic (exact) mass is 402 g/mol. The molecule has 27 heavy (non-hydrogen) atoms. The Labute approximate surface area is 164 Å². The van der Waals surface area contributed by atoms with E-state index in [-0.39, 0.29) is 16.9 Å². The minimum atomic E-state index is -0.636. The number of alkyl halides is 1. The van der Waals surface area contributed by atoms with Gasteiger partial charge in [-0.2, -0.15) is 5.10 Å². The number of nitrogens with zero attached hydrogens (tertiary/aromatic N) is 3. The number of aryl methyl sites for hydroxylation is 1. The lowest BCUT2D eigenvalue weighted by molar-refractivity contribution is -0.113. The van der Waals surface area contributed by atoms with Crippen molar-refractivity contribution in [1.29, 1.82) is 0 Å². The number of pyridine rings is 1. The van der Waals surface area contributed by atoms with Crippen LogP contribution in [0.1, 0.15) is 21.9 Å². The first-order valence-electron chi connectivity index (χ1n) is 8.32. The van der Waals surface area contributed by atoms with E-state index in [1.54, 1.807) is 30.1 Å². The number of thioether (sulfide) groups is 1. The van der Waals surface area contributed by atoms with Gasteiger partial charge in [-0.1, -0.05) is 23.7 Å². The molecule has 8 heteroatoms. The zero-order chi connectivity index (χ0) is 19.0. The Morgan fingerprint density at radius 3 is 2.96 bits per heavy atom. The Morgan fingerprint density at radius 2 is 2.22 bits per heavy atom. The van der Waals surface area contributed by atoms with Crippen LogP contribution in [0.2, 0.25) is 5.02 Å². The van der Waals surface area contributed by atoms with E-state index in [1.165, 1.54) is 11.8 Å². The van der Waals surface area contributed by atoms with E-state index in [0.717, 1.165) is 11.1 Å². The summed E-state index contributed by atoms with van der Waals surface area (Å²) in [5.74, 6) is 0.750. The fraction of sp³-hybridized carbons (Fsp3) is 0.211. The number of hydrogen-bond acceptors (Lipinski definition) is 4. The van der Waals surface area contributed by atoms with Crippen molar-refractivity contribution in [2.24, 2.45) is 7.05 Å². The van der Waals surface area contributed by atoms with E-state index < -0.39 is 6.67 Å². The number of amides is 1. The smallest absolute Gasteiger partial charge is 0.235 e. The van der Waals surface area contributed by atoms with Crippen LogP contribution in [0.4, 0.5) is 10.2 Å². The normalized spacial score (nSPS) is 16.6. The van der Waals surface area contributed by atoms with Crippen LogP contribution in [0, 0.1) is 0 Å². The molecule has 1 aromatic carbocycles. The zero-order valence-electron chi connectivity index (χ0n) is 14.4. The third kappa shape index (κ3) is 3.33. The molecule has 0 fully saturated rings. The van der Waals surface area contributed by atoms with E-state index in [0.29, 0.717) is 27.8 Å². The third-order valence-corrected chi connectivity index (χ3v) is 5.91. The number of carbonyl (C=O) groups is 1. The molecule has 1 atom stereocenters. The average Bonchev–Trinajstić information content (AvgIpc) is 2.89. The minimum absolute atomic E-state index is 0.116. The van der Waals surface area contributed by atoms with Crippen LogP contribution in [0.5, 0.6) is 0 Å². The predicted octanol–water partition coefficient (Wildman–Crippen LogP) is 4.38. The molecule has 1 amide bonds. The van der Waals surface area contributed by atoms with Crippen molar-refractivity contribution in [2.45, 2.75) is 11.9 Å². The number of aromatic nitrogens is 3. The maximum atomic E-state index is 13.7. The highest BCUT2D eigenvalue weighted by molar-refractivity contribution is 8.00. The summed E-state index contributed by atoms with van der Waals surface area (Å²) in [6.45, 7) is -0.636. The topological polar surface area (TPSA) is 59.8 Å². The lowest BCUT2D eigenvalue weighted by Crippen LogP contribution is -2.15. The lowest BCUT2D eigenvalue weighted by atomic mass is 9.98. The standard InChI is InChI=1S/C19H16ClFN4OS/c1-25-19-16(17(24-25)14-4-2-3-7-22-14)18(27-10-15(26)23-19)13-6-5-12(20)8-11(13)9-21/h2-8,18H,9-10H2,1H3,(H,23,26). The van der Waals surface area contributed by atoms with Crippen LogP contribution in [-0.4, -0.2) is 26.4 Å². The number of carbonyl (C=O) groups excluding carboxylic acids is 1. The summed E-state index contributed by atoms with van der Waals surface area (Å²) >= 11 is 7.50. The Morgan fingerprint density at radius 1 is 1.37 bits per heavy atom. The SMILES string of the molecule is Cn1nc(-c2ccccn2)c2c1NC(=O)CSC2c1ccc(Cl)cc1CF. The fourth-order valence-electron chi connectivity index (χ4n) is 3.23. The molecule has 0 saturated carbocycles. The quantitative estimate of drug-likeness (QED) is 0.706. The Hall–Kier alpha value is -2.38. The number of rotatable bonds is 3. The first-order chi connectivity index (χ1) is 13.1. The Bertz CT molecular complexity index is 1010. The first-order valence-corrected chi connectivity index (χ1v) is 9.75. The van der Waals surface area contributed by atoms with Gasteiger partial charge in [0.2, 0.25) is 5.91 Å². The molecule has 3 aromatic rings. The minimum Gasteiger partial charge on any atom is -0.310 e. The van der Waals surface area contributed by atoms with Crippen molar-refractivity contribution in [3.63, 3.8) is 0 Å². The van der Waals surface area contributed by atoms with E-state index in [2.05, 4.69) is 15.4 Å². The molecular weight excluding hydrogens is 387 g/mol. The summed E-state index contributed by atoms with van der Waals surface area (Å²) < 4.78 is 15.4. The molecule has 5 nitrogen and oxygen atoms in total. The third-order valence-electron chi connectivity index (χ3n) is 4.42. The molecule has 138 valence electrons. The molecule has 3 heterocycles. The largest absolute Gasteiger partial charge is 0.310 e. The first kappa shape index (κ1) is 18.0. The van der Waals surface area contributed by atoms with Crippen molar-refractivity contribution >= 4 is 35.1 Å². The van der Waals surface area contributed by atoms with Gasteiger partial charge in [-0.25, -0.2) is 4.39 Å². The number of nitrogens with one attached hydrogen (secondary N) is 1. The van der Waals surface area contributed by atoms with E-state index in [1.807, 2.05) is 24.3 Å². The van der Waals surface area contributed by atoms with Crippen LogP contribution < -0.4 is 5.32 Å². The summed E-state index contributed by atoms with van der Waals surface area (Å²) in [5, 5.41) is 7.73. The molecular formula is C19H16ClFN4OS. The van der Waals surface area contributed by atoms with Gasteiger partial charge in [0.25, 0.3) is 0 Å². The molecule has 2 aromatic heterocycles. The highest BCUT2D eigenvalue weighted by Crippen LogP contribution is 2.46. The van der Waals surface area contributed by atoms with Gasteiger partial charge in [-0.05, 0) is 35.4 Å². The number of hydrogen-bond donors (Lipinski definition) is 1. The number of benzene rings is 1. The van der Waals surface area contributed by atoms with Gasteiger partial charge in [0.15, 0.2) is 0 Å². The van der Waals surface area contributed by atoms with Gasteiger partial charge in [-0.3, -0.25) is 14.5 Å². The van der Waals surface area contributed by atoms with Crippen molar-refractivity contribution < 1.29 is 9.18 Å². The predicted molar refractivity (Wildman–Crippen MR) is 106 cm³/mol. The molecule has 1 unspecified atom stereocenters. The van der Waals surface area contributed by atoms with Crippen LogP contribution in [-0.2, 0) is 18.5 Å². The molecule has 0 bridgehead atoms. The van der Waals surface area contributed by atoms with Gasteiger partial charge >= 0.3 is 0 Å². The summed E-state index contributed by atoms with van der Waals surface area (Å²) in [7, 11) is 1.77. The van der Waals surface area contributed by atoms with Crippen molar-refractivity contribution in [3.8, 4) is 11.4 Å². The Balaban J connectivity index is 1.95. The second-order valence-electron chi connectivity index (χ2n) is 6.17. The van der Waals surface area contributed by atoms with Crippen LogP contribution >= 0.6 is 23.4 Å². The molecule has 0 spiro atoms. The van der Waals surface area contributed by atoms with Crippen molar-refractivity contribution in [3.05, 3.63) is 64.3 Å². The highest BCUT2D eigenvalue weighted by atomic mass is 35.5. The second kappa shape index (κ2) is 7.32. The van der Waals surface area contributed by atoms with E-state index in [9.17, 15) is 9.18 Å². The fourth-order valence-corrected chi connectivity index (χ4v) is 4.61. The zero-order valence-corrected chi connectivity index (χ0v) is 16.0. The van der Waals surface area contributed by atoms with Gasteiger partial charge in [0, 0.05) is 23.8 Å². The second-order valence-corrected chi connectivity index (χ2v) is 7.70. The van der Waals surface area contributed by atoms with Crippen LogP contribution in [0.15, 0.2) is 42.6 Å². The number of fused-ring (bicyclic) bond motifs is 1.